The summed E-state index contributed by atoms with van der Waals surface area (Å²) in [5.41, 5.74) is 6.30. The summed E-state index contributed by atoms with van der Waals surface area (Å²) in [7, 11) is 1.66. The summed E-state index contributed by atoms with van der Waals surface area (Å²) in [5.74, 6) is -2.09. The molecule has 0 aromatic heterocycles. The van der Waals surface area contributed by atoms with Crippen LogP contribution in [0.2, 0.25) is 0 Å². The second-order valence-corrected chi connectivity index (χ2v) is 5.19. The van der Waals surface area contributed by atoms with Crippen LogP contribution in [0.5, 0.6) is 0 Å². The predicted molar refractivity (Wildman–Crippen MR) is 72.8 cm³/mol. The molecule has 1 aromatic carbocycles. The van der Waals surface area contributed by atoms with Gasteiger partial charge in [-0.3, -0.25) is 4.79 Å². The Morgan fingerprint density at radius 3 is 2.60 bits per heavy atom. The molecule has 0 aliphatic heterocycles. The fourth-order valence-electron chi connectivity index (χ4n) is 2.36. The minimum absolute atomic E-state index is 0.0635. The van der Waals surface area contributed by atoms with Gasteiger partial charge in [0.05, 0.1) is 12.0 Å². The third kappa shape index (κ3) is 2.88. The number of carbonyl (C=O) groups is 1. The van der Waals surface area contributed by atoms with Crippen molar-refractivity contribution in [2.45, 2.75) is 25.4 Å². The summed E-state index contributed by atoms with van der Waals surface area (Å²) in [6.07, 6.45) is 4.22. The highest BCUT2D eigenvalue weighted by Crippen LogP contribution is 2.25. The van der Waals surface area contributed by atoms with E-state index in [2.05, 4.69) is 0 Å². The molecule has 5 heteroatoms. The Morgan fingerprint density at radius 2 is 2.05 bits per heavy atom. The van der Waals surface area contributed by atoms with E-state index in [-0.39, 0.29) is 23.9 Å². The molecule has 20 heavy (non-hydrogen) atoms. The summed E-state index contributed by atoms with van der Waals surface area (Å²) in [5, 5.41) is 0. The third-order valence-corrected chi connectivity index (χ3v) is 3.79. The number of rotatable bonds is 3. The van der Waals surface area contributed by atoms with Gasteiger partial charge in [0.1, 0.15) is 0 Å². The molecule has 2 rings (SSSR count). The predicted octanol–water partition coefficient (Wildman–Crippen LogP) is 2.39. The van der Waals surface area contributed by atoms with E-state index in [0.717, 1.165) is 12.1 Å². The van der Waals surface area contributed by atoms with Crippen LogP contribution in [-0.4, -0.2) is 23.9 Å². The van der Waals surface area contributed by atoms with E-state index in [1.165, 1.54) is 6.07 Å². The highest BCUT2D eigenvalue weighted by Gasteiger charge is 2.28. The van der Waals surface area contributed by atoms with Gasteiger partial charge in [-0.15, -0.1) is 0 Å². The van der Waals surface area contributed by atoms with Crippen LogP contribution in [-0.2, 0) is 4.79 Å². The maximum Gasteiger partial charge on any atom is 0.229 e. The van der Waals surface area contributed by atoms with Gasteiger partial charge in [0.2, 0.25) is 5.91 Å². The van der Waals surface area contributed by atoms with Crippen molar-refractivity contribution in [1.29, 1.82) is 0 Å². The minimum atomic E-state index is -0.905. The van der Waals surface area contributed by atoms with Crippen LogP contribution in [0, 0.1) is 17.6 Å². The standard InChI is InChI=1S/C15H18F2N2O/c1-9(10-4-6-13(16)14(17)8-10)19(2)15(20)11-3-5-12(18)7-11/h3-6,8-9,11-12H,7,18H2,1-2H3. The Balaban J connectivity index is 2.11. The first-order chi connectivity index (χ1) is 9.40. The molecule has 3 unspecified atom stereocenters. The lowest BCUT2D eigenvalue weighted by atomic mass is 10.0. The van der Waals surface area contributed by atoms with Crippen molar-refractivity contribution in [3.63, 3.8) is 0 Å². The largest absolute Gasteiger partial charge is 0.338 e. The number of benzene rings is 1. The molecule has 0 fully saturated rings. The lowest BCUT2D eigenvalue weighted by molar-refractivity contribution is -0.134. The molecule has 3 atom stereocenters. The first kappa shape index (κ1) is 14.7. The van der Waals surface area contributed by atoms with Crippen LogP contribution >= 0.6 is 0 Å². The van der Waals surface area contributed by atoms with Gasteiger partial charge in [0, 0.05) is 13.1 Å². The van der Waals surface area contributed by atoms with Gasteiger partial charge in [-0.1, -0.05) is 18.2 Å². The second kappa shape index (κ2) is 5.71. The summed E-state index contributed by atoms with van der Waals surface area (Å²) < 4.78 is 26.2. The van der Waals surface area contributed by atoms with E-state index in [9.17, 15) is 13.6 Å². The smallest absolute Gasteiger partial charge is 0.229 e. The normalized spacial score (nSPS) is 22.9. The van der Waals surface area contributed by atoms with Crippen molar-refractivity contribution < 1.29 is 13.6 Å². The number of carbonyl (C=O) groups excluding carboxylic acids is 1. The molecule has 0 heterocycles. The molecular weight excluding hydrogens is 262 g/mol. The van der Waals surface area contributed by atoms with Gasteiger partial charge in [0.15, 0.2) is 11.6 Å². The molecule has 1 aliphatic rings. The van der Waals surface area contributed by atoms with Crippen LogP contribution in [0.1, 0.15) is 24.9 Å². The molecule has 1 amide bonds. The average Bonchev–Trinajstić information content (AvgIpc) is 2.86. The minimum Gasteiger partial charge on any atom is -0.338 e. The van der Waals surface area contributed by atoms with Gasteiger partial charge in [-0.05, 0) is 31.0 Å². The zero-order chi connectivity index (χ0) is 14.9. The number of nitrogens with zero attached hydrogens (tertiary/aromatic N) is 1. The summed E-state index contributed by atoms with van der Waals surface area (Å²) in [4.78, 5) is 13.9. The monoisotopic (exact) mass is 280 g/mol. The first-order valence-corrected chi connectivity index (χ1v) is 6.55. The Kier molecular flexibility index (Phi) is 4.18. The Hall–Kier alpha value is -1.75. The van der Waals surface area contributed by atoms with E-state index in [0.29, 0.717) is 12.0 Å². The molecule has 0 radical (unpaired) electrons. The van der Waals surface area contributed by atoms with Crippen LogP contribution in [0.15, 0.2) is 30.4 Å². The van der Waals surface area contributed by atoms with E-state index >= 15 is 0 Å². The van der Waals surface area contributed by atoms with Crippen LogP contribution in [0.25, 0.3) is 0 Å². The van der Waals surface area contributed by atoms with Crippen molar-refractivity contribution in [3.8, 4) is 0 Å². The fraction of sp³-hybridized carbons (Fsp3) is 0.400. The zero-order valence-corrected chi connectivity index (χ0v) is 11.5. The van der Waals surface area contributed by atoms with Crippen molar-refractivity contribution in [2.75, 3.05) is 7.05 Å². The molecular formula is C15H18F2N2O. The third-order valence-electron chi connectivity index (χ3n) is 3.79. The topological polar surface area (TPSA) is 46.3 Å². The SMILES string of the molecule is CC(c1ccc(F)c(F)c1)N(C)C(=O)C1C=CC(N)C1. The lowest BCUT2D eigenvalue weighted by Crippen LogP contribution is -2.34. The lowest BCUT2D eigenvalue weighted by Gasteiger charge is -2.27. The summed E-state index contributed by atoms with van der Waals surface area (Å²) >= 11 is 0. The van der Waals surface area contributed by atoms with Gasteiger partial charge in [-0.25, -0.2) is 8.78 Å². The Labute approximate surface area is 117 Å². The molecule has 0 saturated carbocycles. The highest BCUT2D eigenvalue weighted by molar-refractivity contribution is 5.81. The van der Waals surface area contributed by atoms with Crippen LogP contribution in [0.3, 0.4) is 0 Å². The van der Waals surface area contributed by atoms with Crippen molar-refractivity contribution in [1.82, 2.24) is 4.90 Å². The number of halogens is 2. The van der Waals surface area contributed by atoms with Gasteiger partial charge < -0.3 is 10.6 Å². The molecule has 1 aliphatic carbocycles. The van der Waals surface area contributed by atoms with Crippen molar-refractivity contribution >= 4 is 5.91 Å². The molecule has 0 spiro atoms. The maximum absolute atomic E-state index is 13.3. The summed E-state index contributed by atoms with van der Waals surface area (Å²) in [6.45, 7) is 1.78. The van der Waals surface area contributed by atoms with Crippen molar-refractivity contribution in [2.24, 2.45) is 11.7 Å². The van der Waals surface area contributed by atoms with E-state index < -0.39 is 11.6 Å². The molecule has 0 bridgehead atoms. The first-order valence-electron chi connectivity index (χ1n) is 6.55. The maximum atomic E-state index is 13.3. The fourth-order valence-corrected chi connectivity index (χ4v) is 2.36. The van der Waals surface area contributed by atoms with E-state index in [1.807, 2.05) is 12.2 Å². The zero-order valence-electron chi connectivity index (χ0n) is 11.5. The average molecular weight is 280 g/mol. The summed E-state index contributed by atoms with van der Waals surface area (Å²) in [6, 6.07) is 3.27. The van der Waals surface area contributed by atoms with E-state index in [4.69, 9.17) is 5.73 Å². The number of nitrogens with two attached hydrogens (primary N) is 1. The van der Waals surface area contributed by atoms with Crippen molar-refractivity contribution in [3.05, 3.63) is 47.5 Å². The van der Waals surface area contributed by atoms with Crippen LogP contribution < -0.4 is 5.73 Å². The number of hydrogen-bond donors (Lipinski definition) is 1. The quantitative estimate of drug-likeness (QED) is 0.864. The second-order valence-electron chi connectivity index (χ2n) is 5.19. The van der Waals surface area contributed by atoms with E-state index in [1.54, 1.807) is 18.9 Å². The molecule has 108 valence electrons. The number of hydrogen-bond acceptors (Lipinski definition) is 2. The number of amides is 1. The van der Waals surface area contributed by atoms with Gasteiger partial charge in [-0.2, -0.15) is 0 Å². The Morgan fingerprint density at radius 1 is 1.35 bits per heavy atom. The molecule has 0 saturated heterocycles. The molecule has 2 N–H and O–H groups in total. The Bertz CT molecular complexity index is 545. The van der Waals surface area contributed by atoms with Crippen LogP contribution in [0.4, 0.5) is 8.78 Å². The molecule has 3 nitrogen and oxygen atoms in total. The molecule has 1 aromatic rings. The van der Waals surface area contributed by atoms with Gasteiger partial charge >= 0.3 is 0 Å². The highest BCUT2D eigenvalue weighted by atomic mass is 19.2. The van der Waals surface area contributed by atoms with Gasteiger partial charge in [0.25, 0.3) is 0 Å².